The fraction of sp³-hybridized carbons (Fsp3) is 0.0833. The number of anilines is 1. The Hall–Kier alpha value is -1.81. The Kier molecular flexibility index (Phi) is 2.92. The predicted molar refractivity (Wildman–Crippen MR) is 65.5 cm³/mol. The first-order valence-electron chi connectivity index (χ1n) is 4.73. The van der Waals surface area contributed by atoms with Crippen LogP contribution in [0.2, 0.25) is 0 Å². The number of rotatable bonds is 2. The summed E-state index contributed by atoms with van der Waals surface area (Å²) >= 11 is 1.48. The number of methoxy groups -OCH3 is 1. The summed E-state index contributed by atoms with van der Waals surface area (Å²) in [4.78, 5) is 11.5. The number of thiophene rings is 1. The van der Waals surface area contributed by atoms with Crippen LogP contribution in [-0.2, 0) is 4.74 Å². The van der Waals surface area contributed by atoms with Gasteiger partial charge in [-0.1, -0.05) is 12.1 Å². The number of nitrogen functional groups attached to an aromatic ring is 1. The molecule has 0 aliphatic carbocycles. The van der Waals surface area contributed by atoms with Gasteiger partial charge in [-0.25, -0.2) is 4.79 Å². The summed E-state index contributed by atoms with van der Waals surface area (Å²) in [6.45, 7) is 0. The number of nitrogens with two attached hydrogens (primary N) is 1. The van der Waals surface area contributed by atoms with E-state index >= 15 is 0 Å². The first-order valence-corrected chi connectivity index (χ1v) is 5.67. The minimum Gasteiger partial charge on any atom is -0.465 e. The summed E-state index contributed by atoms with van der Waals surface area (Å²) in [6.07, 6.45) is 0. The number of carbonyl (C=O) groups excluding carboxylic acids is 1. The summed E-state index contributed by atoms with van der Waals surface area (Å²) in [5.74, 6) is -0.312. The third-order valence-electron chi connectivity index (χ3n) is 2.29. The first kappa shape index (κ1) is 10.7. The smallest absolute Gasteiger partial charge is 0.339 e. The standard InChI is InChI=1S/C12H11NO2S/c1-15-12(14)11-7-16-6-10(11)8-2-4-9(13)5-3-8/h2-7H,13H2,1H3. The van der Waals surface area contributed by atoms with Gasteiger partial charge in [0.1, 0.15) is 0 Å². The Morgan fingerprint density at radius 2 is 1.94 bits per heavy atom. The molecule has 0 radical (unpaired) electrons. The van der Waals surface area contributed by atoms with Crippen LogP contribution in [0.3, 0.4) is 0 Å². The van der Waals surface area contributed by atoms with E-state index in [-0.39, 0.29) is 5.97 Å². The van der Waals surface area contributed by atoms with Crippen LogP contribution in [0.4, 0.5) is 5.69 Å². The zero-order valence-electron chi connectivity index (χ0n) is 8.77. The van der Waals surface area contributed by atoms with Crippen molar-refractivity contribution in [2.45, 2.75) is 0 Å². The van der Waals surface area contributed by atoms with Crippen LogP contribution in [-0.4, -0.2) is 13.1 Å². The van der Waals surface area contributed by atoms with Gasteiger partial charge in [-0.15, -0.1) is 0 Å². The highest BCUT2D eigenvalue weighted by Gasteiger charge is 2.13. The van der Waals surface area contributed by atoms with E-state index < -0.39 is 0 Å². The lowest BCUT2D eigenvalue weighted by Gasteiger charge is -2.03. The number of esters is 1. The molecule has 1 aromatic carbocycles. The summed E-state index contributed by atoms with van der Waals surface area (Å²) < 4.78 is 4.72. The highest BCUT2D eigenvalue weighted by molar-refractivity contribution is 7.08. The van der Waals surface area contributed by atoms with Gasteiger partial charge in [0, 0.05) is 16.6 Å². The Morgan fingerprint density at radius 1 is 1.25 bits per heavy atom. The highest BCUT2D eigenvalue weighted by Crippen LogP contribution is 2.28. The number of benzene rings is 1. The van der Waals surface area contributed by atoms with E-state index in [0.29, 0.717) is 11.3 Å². The molecule has 0 unspecified atom stereocenters. The van der Waals surface area contributed by atoms with Crippen LogP contribution < -0.4 is 5.73 Å². The van der Waals surface area contributed by atoms with E-state index in [1.54, 1.807) is 5.38 Å². The maximum Gasteiger partial charge on any atom is 0.339 e. The molecule has 1 heterocycles. The van der Waals surface area contributed by atoms with E-state index in [1.807, 2.05) is 29.6 Å². The van der Waals surface area contributed by atoms with Gasteiger partial charge >= 0.3 is 5.97 Å². The van der Waals surface area contributed by atoms with Crippen molar-refractivity contribution in [1.82, 2.24) is 0 Å². The van der Waals surface area contributed by atoms with E-state index in [1.165, 1.54) is 18.4 Å². The van der Waals surface area contributed by atoms with Crippen LogP contribution in [0.5, 0.6) is 0 Å². The van der Waals surface area contributed by atoms with Crippen LogP contribution in [0.15, 0.2) is 35.0 Å². The normalized spacial score (nSPS) is 10.1. The maximum atomic E-state index is 11.5. The Bertz CT molecular complexity index is 502. The molecule has 16 heavy (non-hydrogen) atoms. The molecule has 0 fully saturated rings. The third-order valence-corrected chi connectivity index (χ3v) is 3.03. The monoisotopic (exact) mass is 233 g/mol. The van der Waals surface area contributed by atoms with Gasteiger partial charge in [0.2, 0.25) is 0 Å². The van der Waals surface area contributed by atoms with Crippen molar-refractivity contribution in [1.29, 1.82) is 0 Å². The quantitative estimate of drug-likeness (QED) is 0.641. The van der Waals surface area contributed by atoms with Crippen molar-refractivity contribution in [3.63, 3.8) is 0 Å². The largest absolute Gasteiger partial charge is 0.465 e. The minimum absolute atomic E-state index is 0.312. The van der Waals surface area contributed by atoms with E-state index in [9.17, 15) is 4.79 Å². The molecule has 0 bridgehead atoms. The molecular weight excluding hydrogens is 222 g/mol. The predicted octanol–water partition coefficient (Wildman–Crippen LogP) is 2.78. The molecule has 0 saturated heterocycles. The van der Waals surface area contributed by atoms with E-state index in [4.69, 9.17) is 10.5 Å². The SMILES string of the molecule is COC(=O)c1cscc1-c1ccc(N)cc1. The second-order valence-corrected chi connectivity index (χ2v) is 4.06. The number of hydrogen-bond donors (Lipinski definition) is 1. The Morgan fingerprint density at radius 3 is 2.56 bits per heavy atom. The lowest BCUT2D eigenvalue weighted by atomic mass is 10.0. The van der Waals surface area contributed by atoms with Gasteiger partial charge in [-0.3, -0.25) is 0 Å². The van der Waals surface area contributed by atoms with Crippen molar-refractivity contribution in [2.75, 3.05) is 12.8 Å². The van der Waals surface area contributed by atoms with Crippen molar-refractivity contribution in [2.24, 2.45) is 0 Å². The van der Waals surface area contributed by atoms with Gasteiger partial charge in [-0.05, 0) is 23.1 Å². The molecule has 0 aliphatic rings. The minimum atomic E-state index is -0.312. The fourth-order valence-electron chi connectivity index (χ4n) is 1.45. The zero-order valence-corrected chi connectivity index (χ0v) is 9.58. The van der Waals surface area contributed by atoms with Gasteiger partial charge in [0.25, 0.3) is 0 Å². The summed E-state index contributed by atoms with van der Waals surface area (Å²) in [7, 11) is 1.38. The van der Waals surface area contributed by atoms with Crippen molar-refractivity contribution in [3.05, 3.63) is 40.6 Å². The number of ether oxygens (including phenoxy) is 1. The van der Waals surface area contributed by atoms with E-state index in [2.05, 4.69) is 0 Å². The topological polar surface area (TPSA) is 52.3 Å². The van der Waals surface area contributed by atoms with Gasteiger partial charge < -0.3 is 10.5 Å². The summed E-state index contributed by atoms with van der Waals surface area (Å²) in [6, 6.07) is 7.41. The molecular formula is C12H11NO2S. The molecule has 4 heteroatoms. The lowest BCUT2D eigenvalue weighted by molar-refractivity contribution is 0.0602. The molecule has 2 aromatic rings. The Balaban J connectivity index is 2.44. The zero-order chi connectivity index (χ0) is 11.5. The molecule has 0 saturated carbocycles. The van der Waals surface area contributed by atoms with Gasteiger partial charge in [-0.2, -0.15) is 11.3 Å². The van der Waals surface area contributed by atoms with Crippen molar-refractivity contribution >= 4 is 23.0 Å². The summed E-state index contributed by atoms with van der Waals surface area (Å²) in [5, 5.41) is 3.72. The Labute approximate surface area is 97.5 Å². The molecule has 2 N–H and O–H groups in total. The van der Waals surface area contributed by atoms with Crippen LogP contribution in [0.1, 0.15) is 10.4 Å². The molecule has 82 valence electrons. The van der Waals surface area contributed by atoms with Crippen molar-refractivity contribution < 1.29 is 9.53 Å². The average Bonchev–Trinajstić information content (AvgIpc) is 2.78. The highest BCUT2D eigenvalue weighted by atomic mass is 32.1. The van der Waals surface area contributed by atoms with Gasteiger partial charge in [0.05, 0.1) is 12.7 Å². The fourth-order valence-corrected chi connectivity index (χ4v) is 2.28. The molecule has 3 nitrogen and oxygen atoms in total. The summed E-state index contributed by atoms with van der Waals surface area (Å²) in [5.41, 5.74) is 8.77. The molecule has 1 aromatic heterocycles. The maximum absolute atomic E-state index is 11.5. The van der Waals surface area contributed by atoms with Crippen LogP contribution >= 0.6 is 11.3 Å². The molecule has 0 spiro atoms. The molecule has 2 rings (SSSR count). The first-order chi connectivity index (χ1) is 7.72. The lowest BCUT2D eigenvalue weighted by Crippen LogP contribution is -2.00. The van der Waals surface area contributed by atoms with E-state index in [0.717, 1.165) is 11.1 Å². The number of hydrogen-bond acceptors (Lipinski definition) is 4. The van der Waals surface area contributed by atoms with Crippen LogP contribution in [0, 0.1) is 0 Å². The second kappa shape index (κ2) is 4.37. The van der Waals surface area contributed by atoms with Crippen molar-refractivity contribution in [3.8, 4) is 11.1 Å². The third kappa shape index (κ3) is 1.92. The van der Waals surface area contributed by atoms with Crippen LogP contribution in [0.25, 0.3) is 11.1 Å². The molecule has 0 atom stereocenters. The molecule has 0 aliphatic heterocycles. The average molecular weight is 233 g/mol. The molecule has 0 amide bonds. The van der Waals surface area contributed by atoms with Gasteiger partial charge in [0.15, 0.2) is 0 Å². The number of carbonyl (C=O) groups is 1. The second-order valence-electron chi connectivity index (χ2n) is 3.31.